The Morgan fingerprint density at radius 1 is 1.07 bits per heavy atom. The van der Waals surface area contributed by atoms with Gasteiger partial charge in [-0.2, -0.15) is 0 Å². The van der Waals surface area contributed by atoms with Crippen LogP contribution < -0.4 is 0 Å². The molecule has 0 rings (SSSR count). The van der Waals surface area contributed by atoms with E-state index in [1.165, 1.54) is 32.6 Å². The van der Waals surface area contributed by atoms with Gasteiger partial charge in [-0.1, -0.05) is 39.5 Å². The van der Waals surface area contributed by atoms with Crippen molar-refractivity contribution in [3.63, 3.8) is 0 Å². The molecule has 1 unspecified atom stereocenters. The van der Waals surface area contributed by atoms with Crippen LogP contribution in [0.3, 0.4) is 0 Å². The van der Waals surface area contributed by atoms with E-state index in [2.05, 4.69) is 13.8 Å². The highest BCUT2D eigenvalue weighted by Crippen LogP contribution is 2.12. The molecule has 0 radical (unpaired) electrons. The summed E-state index contributed by atoms with van der Waals surface area (Å²) in [5.74, 6) is -0.140. The Balaban J connectivity index is 3.56. The van der Waals surface area contributed by atoms with Gasteiger partial charge in [-0.3, -0.25) is 4.79 Å². The monoisotopic (exact) mass is 200 g/mol. The molecule has 0 heterocycles. The molecule has 1 atom stereocenters. The second-order valence-electron chi connectivity index (χ2n) is 3.87. The zero-order chi connectivity index (χ0) is 10.8. The predicted molar refractivity (Wildman–Crippen MR) is 59.2 cm³/mol. The van der Waals surface area contributed by atoms with Crippen LogP contribution in [0.1, 0.15) is 65.7 Å². The van der Waals surface area contributed by atoms with Crippen LogP contribution in [0.5, 0.6) is 0 Å². The predicted octanol–water partition coefficient (Wildman–Crippen LogP) is 3.69. The van der Waals surface area contributed by atoms with Gasteiger partial charge in [-0.05, 0) is 19.3 Å². The molecule has 0 aliphatic heterocycles. The SMILES string of the molecule is CCCCCCC(CCC)OC(C)=O. The maximum atomic E-state index is 10.8. The Morgan fingerprint density at radius 3 is 2.29 bits per heavy atom. The molecule has 0 aliphatic rings. The molecule has 0 aromatic rings. The lowest BCUT2D eigenvalue weighted by molar-refractivity contribution is -0.147. The van der Waals surface area contributed by atoms with Gasteiger partial charge in [0.05, 0.1) is 0 Å². The van der Waals surface area contributed by atoms with E-state index < -0.39 is 0 Å². The molecule has 0 spiro atoms. The third kappa shape index (κ3) is 8.09. The average molecular weight is 200 g/mol. The minimum atomic E-state index is -0.140. The highest BCUT2D eigenvalue weighted by atomic mass is 16.5. The second-order valence-corrected chi connectivity index (χ2v) is 3.87. The molecule has 2 heteroatoms. The summed E-state index contributed by atoms with van der Waals surface area (Å²) < 4.78 is 5.23. The van der Waals surface area contributed by atoms with Gasteiger partial charge in [0.15, 0.2) is 0 Å². The van der Waals surface area contributed by atoms with Crippen LogP contribution in [0.4, 0.5) is 0 Å². The fourth-order valence-electron chi connectivity index (χ4n) is 1.62. The summed E-state index contributed by atoms with van der Waals surface area (Å²) in [7, 11) is 0. The summed E-state index contributed by atoms with van der Waals surface area (Å²) >= 11 is 0. The van der Waals surface area contributed by atoms with E-state index in [9.17, 15) is 4.79 Å². The van der Waals surface area contributed by atoms with Gasteiger partial charge < -0.3 is 4.74 Å². The molecule has 0 aromatic heterocycles. The van der Waals surface area contributed by atoms with Crippen LogP contribution in [-0.4, -0.2) is 12.1 Å². The highest BCUT2D eigenvalue weighted by Gasteiger charge is 2.09. The Labute approximate surface area is 88.0 Å². The van der Waals surface area contributed by atoms with Crippen molar-refractivity contribution in [2.75, 3.05) is 0 Å². The maximum Gasteiger partial charge on any atom is 0.302 e. The molecule has 14 heavy (non-hydrogen) atoms. The van der Waals surface area contributed by atoms with Crippen LogP contribution >= 0.6 is 0 Å². The third-order valence-electron chi connectivity index (χ3n) is 2.32. The summed E-state index contributed by atoms with van der Waals surface area (Å²) in [6, 6.07) is 0. The van der Waals surface area contributed by atoms with Gasteiger partial charge in [-0.15, -0.1) is 0 Å². The first-order valence-corrected chi connectivity index (χ1v) is 5.87. The number of rotatable bonds is 8. The van der Waals surface area contributed by atoms with E-state index >= 15 is 0 Å². The Hall–Kier alpha value is -0.530. The molecule has 0 bridgehead atoms. The molecular weight excluding hydrogens is 176 g/mol. The Morgan fingerprint density at radius 2 is 1.79 bits per heavy atom. The van der Waals surface area contributed by atoms with E-state index in [1.807, 2.05) is 0 Å². The molecule has 0 saturated carbocycles. The summed E-state index contributed by atoms with van der Waals surface area (Å²) in [6.45, 7) is 5.83. The van der Waals surface area contributed by atoms with Gasteiger partial charge in [0, 0.05) is 6.92 Å². The van der Waals surface area contributed by atoms with Crippen molar-refractivity contribution in [2.24, 2.45) is 0 Å². The lowest BCUT2D eigenvalue weighted by Gasteiger charge is -2.15. The maximum absolute atomic E-state index is 10.8. The summed E-state index contributed by atoms with van der Waals surface area (Å²) in [4.78, 5) is 10.8. The molecular formula is C12H24O2. The minimum Gasteiger partial charge on any atom is -0.463 e. The van der Waals surface area contributed by atoms with Gasteiger partial charge in [0.2, 0.25) is 0 Å². The van der Waals surface area contributed by atoms with Crippen LogP contribution in [0.25, 0.3) is 0 Å². The van der Waals surface area contributed by atoms with E-state index in [0.29, 0.717) is 0 Å². The van der Waals surface area contributed by atoms with E-state index in [1.54, 1.807) is 0 Å². The van der Waals surface area contributed by atoms with Crippen LogP contribution in [0, 0.1) is 0 Å². The summed E-state index contributed by atoms with van der Waals surface area (Å²) in [5.41, 5.74) is 0. The van der Waals surface area contributed by atoms with Crippen LogP contribution in [0.15, 0.2) is 0 Å². The Kier molecular flexibility index (Phi) is 8.70. The molecule has 0 amide bonds. The number of hydrogen-bond acceptors (Lipinski definition) is 2. The number of esters is 1. The Bertz CT molecular complexity index is 143. The minimum absolute atomic E-state index is 0.140. The third-order valence-corrected chi connectivity index (χ3v) is 2.32. The first kappa shape index (κ1) is 13.5. The van der Waals surface area contributed by atoms with E-state index in [-0.39, 0.29) is 12.1 Å². The number of carbonyl (C=O) groups excluding carboxylic acids is 1. The summed E-state index contributed by atoms with van der Waals surface area (Å²) in [6.07, 6.45) is 8.29. The van der Waals surface area contributed by atoms with Crippen molar-refractivity contribution in [3.05, 3.63) is 0 Å². The normalized spacial score (nSPS) is 12.5. The zero-order valence-electron chi connectivity index (χ0n) is 9.84. The van der Waals surface area contributed by atoms with Crippen molar-refractivity contribution in [1.29, 1.82) is 0 Å². The standard InChI is InChI=1S/C12H24O2/c1-4-6-7-8-10-12(9-5-2)14-11(3)13/h12H,4-10H2,1-3H3. The van der Waals surface area contributed by atoms with Gasteiger partial charge in [0.1, 0.15) is 6.10 Å². The fraction of sp³-hybridized carbons (Fsp3) is 0.917. The largest absolute Gasteiger partial charge is 0.463 e. The van der Waals surface area contributed by atoms with E-state index in [0.717, 1.165) is 19.3 Å². The molecule has 0 aromatic carbocycles. The van der Waals surface area contributed by atoms with Crippen LogP contribution in [0.2, 0.25) is 0 Å². The molecule has 2 nitrogen and oxygen atoms in total. The fourth-order valence-corrected chi connectivity index (χ4v) is 1.62. The van der Waals surface area contributed by atoms with Crippen molar-refractivity contribution >= 4 is 5.97 Å². The van der Waals surface area contributed by atoms with Gasteiger partial charge in [0.25, 0.3) is 0 Å². The van der Waals surface area contributed by atoms with Crippen molar-refractivity contribution < 1.29 is 9.53 Å². The van der Waals surface area contributed by atoms with Gasteiger partial charge >= 0.3 is 5.97 Å². The smallest absolute Gasteiger partial charge is 0.302 e. The molecule has 0 N–H and O–H groups in total. The quantitative estimate of drug-likeness (QED) is 0.441. The van der Waals surface area contributed by atoms with Crippen LogP contribution in [-0.2, 0) is 9.53 Å². The second kappa shape index (κ2) is 9.04. The number of hydrogen-bond donors (Lipinski definition) is 0. The first-order chi connectivity index (χ1) is 6.70. The molecule has 0 aliphatic carbocycles. The molecule has 84 valence electrons. The number of carbonyl (C=O) groups is 1. The lowest BCUT2D eigenvalue weighted by atomic mass is 10.1. The average Bonchev–Trinajstić information content (AvgIpc) is 2.12. The van der Waals surface area contributed by atoms with E-state index in [4.69, 9.17) is 4.74 Å². The molecule has 0 saturated heterocycles. The number of ether oxygens (including phenoxy) is 1. The number of unbranched alkanes of at least 4 members (excludes halogenated alkanes) is 3. The van der Waals surface area contributed by atoms with Crippen molar-refractivity contribution in [3.8, 4) is 0 Å². The zero-order valence-corrected chi connectivity index (χ0v) is 9.84. The topological polar surface area (TPSA) is 26.3 Å². The van der Waals surface area contributed by atoms with Crippen molar-refractivity contribution in [2.45, 2.75) is 71.8 Å². The van der Waals surface area contributed by atoms with Crippen molar-refractivity contribution in [1.82, 2.24) is 0 Å². The lowest BCUT2D eigenvalue weighted by Crippen LogP contribution is -2.15. The highest BCUT2D eigenvalue weighted by molar-refractivity contribution is 5.66. The van der Waals surface area contributed by atoms with Gasteiger partial charge in [-0.25, -0.2) is 0 Å². The molecule has 0 fully saturated rings. The summed E-state index contributed by atoms with van der Waals surface area (Å²) in [5, 5.41) is 0. The first-order valence-electron chi connectivity index (χ1n) is 5.87.